The van der Waals surface area contributed by atoms with Gasteiger partial charge in [0.25, 0.3) is 5.95 Å². The number of benzene rings is 1. The summed E-state index contributed by atoms with van der Waals surface area (Å²) in [5.74, 6) is 0.407. The highest BCUT2D eigenvalue weighted by Crippen LogP contribution is 2.27. The topological polar surface area (TPSA) is 114 Å². The summed E-state index contributed by atoms with van der Waals surface area (Å²) in [5.41, 5.74) is 3.94. The predicted octanol–water partition coefficient (Wildman–Crippen LogP) is 5.29. The van der Waals surface area contributed by atoms with Crippen molar-refractivity contribution in [1.29, 1.82) is 0 Å². The van der Waals surface area contributed by atoms with E-state index in [2.05, 4.69) is 40.5 Å². The molecule has 1 aliphatic rings. The van der Waals surface area contributed by atoms with E-state index in [1.165, 1.54) is 0 Å². The molecule has 0 bridgehead atoms. The maximum Gasteiger partial charge on any atom is 0.270 e. The molecule has 12 heteroatoms. The van der Waals surface area contributed by atoms with E-state index in [-0.39, 0.29) is 18.3 Å². The Hall–Kier alpha value is -4.09. The molecule has 0 aliphatic carbocycles. The lowest BCUT2D eigenvalue weighted by Gasteiger charge is -2.27. The van der Waals surface area contributed by atoms with Crippen molar-refractivity contribution < 1.29 is 9.13 Å². The molecule has 1 aromatic carbocycles. The zero-order chi connectivity index (χ0) is 25.6. The van der Waals surface area contributed by atoms with Crippen LogP contribution in [0.3, 0.4) is 0 Å². The van der Waals surface area contributed by atoms with Gasteiger partial charge in [-0.15, -0.1) is 5.11 Å². The number of pyridine rings is 1. The summed E-state index contributed by atoms with van der Waals surface area (Å²) in [6, 6.07) is 11.1. The smallest absolute Gasteiger partial charge is 0.270 e. The van der Waals surface area contributed by atoms with E-state index in [9.17, 15) is 4.39 Å². The Kier molecular flexibility index (Phi) is 7.52. The highest BCUT2D eigenvalue weighted by molar-refractivity contribution is 6.31. The minimum atomic E-state index is -0.496. The quantitative estimate of drug-likeness (QED) is 0.327. The van der Waals surface area contributed by atoms with E-state index in [1.54, 1.807) is 12.4 Å². The molecule has 5 rings (SSSR count). The second-order valence-corrected chi connectivity index (χ2v) is 8.69. The molecule has 188 valence electrons. The number of nitrogens with one attached hydrogen (secondary N) is 1. The molecule has 10 nitrogen and oxygen atoms in total. The summed E-state index contributed by atoms with van der Waals surface area (Å²) in [5, 5.41) is 12.0. The molecular weight excluding hydrogens is 497 g/mol. The highest BCUT2D eigenvalue weighted by atomic mass is 35.5. The van der Waals surface area contributed by atoms with Crippen LogP contribution in [-0.2, 0) is 11.3 Å². The third kappa shape index (κ3) is 6.38. The van der Waals surface area contributed by atoms with Crippen LogP contribution in [0.1, 0.15) is 11.4 Å². The number of aromatic nitrogens is 5. The molecule has 0 radical (unpaired) electrons. The first-order valence-corrected chi connectivity index (χ1v) is 12.0. The van der Waals surface area contributed by atoms with Gasteiger partial charge in [0.2, 0.25) is 0 Å². The van der Waals surface area contributed by atoms with Crippen molar-refractivity contribution in [1.82, 2.24) is 24.9 Å². The second-order valence-electron chi connectivity index (χ2n) is 8.25. The van der Waals surface area contributed by atoms with Crippen LogP contribution < -0.4 is 10.2 Å². The first-order chi connectivity index (χ1) is 18.0. The number of halogens is 2. The van der Waals surface area contributed by atoms with Crippen molar-refractivity contribution in [2.24, 2.45) is 10.2 Å². The third-order valence-electron chi connectivity index (χ3n) is 5.48. The Labute approximate surface area is 217 Å². The molecule has 1 saturated heterocycles. The van der Waals surface area contributed by atoms with Gasteiger partial charge in [-0.3, -0.25) is 4.98 Å². The predicted molar refractivity (Wildman–Crippen MR) is 138 cm³/mol. The van der Waals surface area contributed by atoms with Gasteiger partial charge in [0.15, 0.2) is 17.5 Å². The minimum Gasteiger partial charge on any atom is -0.378 e. The first-order valence-electron chi connectivity index (χ1n) is 11.6. The molecule has 1 fully saturated rings. The van der Waals surface area contributed by atoms with Crippen LogP contribution in [-0.4, -0.2) is 51.2 Å². The second kappa shape index (κ2) is 11.3. The van der Waals surface area contributed by atoms with Crippen molar-refractivity contribution in [2.75, 3.05) is 36.5 Å². The molecule has 3 aromatic heterocycles. The molecule has 1 N–H and O–H groups in total. The van der Waals surface area contributed by atoms with Gasteiger partial charge in [0.05, 0.1) is 37.0 Å². The zero-order valence-corrected chi connectivity index (χ0v) is 20.7. The zero-order valence-electron chi connectivity index (χ0n) is 20.0. The number of morpholine rings is 1. The number of hydrogen-bond donors (Lipinski definition) is 1. The molecule has 0 unspecified atom stereocenters. The van der Waals surface area contributed by atoms with Crippen molar-refractivity contribution in [2.45, 2.75) is 13.5 Å². The van der Waals surface area contributed by atoms with Gasteiger partial charge in [-0.1, -0.05) is 11.6 Å². The van der Waals surface area contributed by atoms with Crippen LogP contribution in [0.25, 0.3) is 11.4 Å². The SMILES string of the molecule is Cc1ccnc(-c2cc(Cl)cc(Nc3ccc(CN=Nc4ncc(F)c(N5CCOCC5)n4)nc3)c2)n1. The average molecular weight is 520 g/mol. The van der Waals surface area contributed by atoms with E-state index in [4.69, 9.17) is 16.3 Å². The number of azo groups is 1. The molecule has 0 atom stereocenters. The summed E-state index contributed by atoms with van der Waals surface area (Å²) in [4.78, 5) is 23.1. The van der Waals surface area contributed by atoms with Gasteiger partial charge in [0.1, 0.15) is 6.54 Å². The summed E-state index contributed by atoms with van der Waals surface area (Å²) < 4.78 is 19.5. The van der Waals surface area contributed by atoms with Crippen LogP contribution in [0.2, 0.25) is 5.02 Å². The van der Waals surface area contributed by atoms with Gasteiger partial charge >= 0.3 is 0 Å². The van der Waals surface area contributed by atoms with E-state index < -0.39 is 5.82 Å². The Morgan fingerprint density at radius 3 is 2.68 bits per heavy atom. The molecule has 1 aliphatic heterocycles. The molecular formula is C25H23ClFN9O. The van der Waals surface area contributed by atoms with E-state index >= 15 is 0 Å². The Bertz CT molecular complexity index is 1410. The Balaban J connectivity index is 1.23. The van der Waals surface area contributed by atoms with Crippen molar-refractivity contribution >= 4 is 34.7 Å². The minimum absolute atomic E-state index is 0.0931. The molecule has 37 heavy (non-hydrogen) atoms. The molecule has 0 spiro atoms. The first kappa shape index (κ1) is 24.6. The Morgan fingerprint density at radius 2 is 1.89 bits per heavy atom. The van der Waals surface area contributed by atoms with Crippen LogP contribution in [0, 0.1) is 12.7 Å². The van der Waals surface area contributed by atoms with Gasteiger partial charge in [0, 0.05) is 41.3 Å². The molecule has 0 saturated carbocycles. The lowest BCUT2D eigenvalue weighted by molar-refractivity contribution is 0.122. The highest BCUT2D eigenvalue weighted by Gasteiger charge is 2.17. The maximum atomic E-state index is 14.2. The Morgan fingerprint density at radius 1 is 1.03 bits per heavy atom. The van der Waals surface area contributed by atoms with Crippen molar-refractivity contribution in [3.05, 3.63) is 77.2 Å². The summed E-state index contributed by atoms with van der Waals surface area (Å²) >= 11 is 6.33. The summed E-state index contributed by atoms with van der Waals surface area (Å²) in [6.07, 6.45) is 4.52. The van der Waals surface area contributed by atoms with Crippen LogP contribution in [0.4, 0.5) is 27.5 Å². The van der Waals surface area contributed by atoms with E-state index in [0.717, 1.165) is 28.8 Å². The number of ether oxygens (including phenoxy) is 1. The largest absolute Gasteiger partial charge is 0.378 e. The van der Waals surface area contributed by atoms with Crippen molar-refractivity contribution in [3.63, 3.8) is 0 Å². The standard InChI is InChI=1S/C25H23ClFN9O/c1-16-4-5-28-23(32-16)17-10-18(26)12-21(11-17)33-20-3-2-19(29-13-20)14-31-35-25-30-15-22(27)24(34-25)36-6-8-37-9-7-36/h2-5,10-13,15,33H,6-9,14H2,1H3. The lowest BCUT2D eigenvalue weighted by atomic mass is 10.1. The summed E-state index contributed by atoms with van der Waals surface area (Å²) in [7, 11) is 0. The van der Waals surface area contributed by atoms with Gasteiger partial charge < -0.3 is 15.0 Å². The van der Waals surface area contributed by atoms with Crippen LogP contribution >= 0.6 is 11.6 Å². The normalized spacial score (nSPS) is 13.8. The monoisotopic (exact) mass is 519 g/mol. The number of aryl methyl sites for hydroxylation is 1. The van der Waals surface area contributed by atoms with Gasteiger partial charge in [-0.05, 0) is 43.3 Å². The summed E-state index contributed by atoms with van der Waals surface area (Å²) in [6.45, 7) is 4.31. The lowest BCUT2D eigenvalue weighted by Crippen LogP contribution is -2.37. The molecule has 0 amide bonds. The fourth-order valence-corrected chi connectivity index (χ4v) is 3.94. The fraction of sp³-hybridized carbons (Fsp3) is 0.240. The average Bonchev–Trinajstić information content (AvgIpc) is 2.91. The van der Waals surface area contributed by atoms with Crippen LogP contribution in [0.15, 0.2) is 65.2 Å². The van der Waals surface area contributed by atoms with Crippen LogP contribution in [0.5, 0.6) is 0 Å². The van der Waals surface area contributed by atoms with E-state index in [0.29, 0.717) is 42.8 Å². The number of nitrogens with zero attached hydrogens (tertiary/aromatic N) is 8. The molecule has 4 heterocycles. The van der Waals surface area contributed by atoms with Gasteiger partial charge in [-0.25, -0.2) is 19.3 Å². The number of anilines is 3. The van der Waals surface area contributed by atoms with Gasteiger partial charge in [-0.2, -0.15) is 10.1 Å². The number of rotatable bonds is 7. The maximum absolute atomic E-state index is 14.2. The number of hydrogen-bond acceptors (Lipinski definition) is 10. The molecule has 4 aromatic rings. The fourth-order valence-electron chi connectivity index (χ4n) is 3.70. The third-order valence-corrected chi connectivity index (χ3v) is 5.70. The van der Waals surface area contributed by atoms with Crippen molar-refractivity contribution in [3.8, 4) is 11.4 Å². The van der Waals surface area contributed by atoms with E-state index in [1.807, 2.05) is 48.2 Å².